The van der Waals surface area contributed by atoms with Crippen molar-refractivity contribution in [1.29, 1.82) is 0 Å². The standard InChI is InChI=1S/C20H27N6O2/c21-20(28)26-11-9-24(10-12-26)17-5-7-25(8-6-17)19(27)4-2-15-1-3-18-16(13-15)14-22-23-18/h1,3-4,13-14,17H,2,5-12H2,(H2,21,28)(H,22,23). The van der Waals surface area contributed by atoms with E-state index < -0.39 is 0 Å². The fourth-order valence-electron chi connectivity index (χ4n) is 4.21. The van der Waals surface area contributed by atoms with Gasteiger partial charge in [-0.3, -0.25) is 14.8 Å². The first-order chi connectivity index (χ1) is 13.6. The summed E-state index contributed by atoms with van der Waals surface area (Å²) in [4.78, 5) is 29.9. The molecule has 4 rings (SSSR count). The average molecular weight is 383 g/mol. The first-order valence-corrected chi connectivity index (χ1v) is 9.93. The molecule has 2 saturated heterocycles. The first-order valence-electron chi connectivity index (χ1n) is 9.93. The molecule has 0 saturated carbocycles. The summed E-state index contributed by atoms with van der Waals surface area (Å²) in [7, 11) is 0. The normalized spacial score (nSPS) is 19.3. The maximum atomic E-state index is 12.6. The lowest BCUT2D eigenvalue weighted by Gasteiger charge is -2.42. The van der Waals surface area contributed by atoms with Gasteiger partial charge in [0.1, 0.15) is 0 Å². The van der Waals surface area contributed by atoms with Crippen LogP contribution in [0.2, 0.25) is 0 Å². The number of aromatic amines is 1. The molecular weight excluding hydrogens is 356 g/mol. The lowest BCUT2D eigenvalue weighted by Crippen LogP contribution is -2.55. The Morgan fingerprint density at radius 1 is 1.11 bits per heavy atom. The molecule has 2 aliphatic rings. The zero-order chi connectivity index (χ0) is 19.5. The molecule has 8 heteroatoms. The van der Waals surface area contributed by atoms with Crippen LogP contribution < -0.4 is 5.73 Å². The van der Waals surface area contributed by atoms with Crippen molar-refractivity contribution < 1.29 is 9.59 Å². The molecule has 0 bridgehead atoms. The largest absolute Gasteiger partial charge is 0.351 e. The van der Waals surface area contributed by atoms with E-state index in [2.05, 4.69) is 21.2 Å². The van der Waals surface area contributed by atoms with E-state index in [1.807, 2.05) is 17.0 Å². The SMILES string of the molecule is NC(=O)N1CCN(C2CCN(C(=O)[CH]Cc3ccc4[nH]ncc4c3)CC2)CC1. The van der Waals surface area contributed by atoms with Gasteiger partial charge in [0.05, 0.1) is 18.1 Å². The number of primary amides is 1. The molecule has 1 aromatic heterocycles. The number of aromatic nitrogens is 2. The smallest absolute Gasteiger partial charge is 0.314 e. The van der Waals surface area contributed by atoms with Crippen LogP contribution in [-0.2, 0) is 11.2 Å². The molecular formula is C20H27N6O2. The van der Waals surface area contributed by atoms with Crippen molar-refractivity contribution in [2.24, 2.45) is 5.73 Å². The van der Waals surface area contributed by atoms with E-state index in [-0.39, 0.29) is 11.9 Å². The summed E-state index contributed by atoms with van der Waals surface area (Å²) in [5.74, 6) is 0.115. The van der Waals surface area contributed by atoms with Crippen LogP contribution in [0.5, 0.6) is 0 Å². The summed E-state index contributed by atoms with van der Waals surface area (Å²) in [5.41, 5.74) is 7.47. The highest BCUT2D eigenvalue weighted by Crippen LogP contribution is 2.20. The third-order valence-electron chi connectivity index (χ3n) is 5.94. The lowest BCUT2D eigenvalue weighted by atomic mass is 10.0. The van der Waals surface area contributed by atoms with E-state index in [9.17, 15) is 9.59 Å². The Bertz CT molecular complexity index is 834. The number of hydrogen-bond acceptors (Lipinski definition) is 4. The van der Waals surface area contributed by atoms with Gasteiger partial charge in [-0.15, -0.1) is 0 Å². The number of hydrogen-bond donors (Lipinski definition) is 2. The number of fused-ring (bicyclic) bond motifs is 1. The monoisotopic (exact) mass is 383 g/mol. The topological polar surface area (TPSA) is 98.6 Å². The van der Waals surface area contributed by atoms with Crippen molar-refractivity contribution in [3.8, 4) is 0 Å². The molecule has 3 N–H and O–H groups in total. The Hall–Kier alpha value is -2.61. The molecule has 3 heterocycles. The third kappa shape index (κ3) is 4.11. The zero-order valence-electron chi connectivity index (χ0n) is 16.0. The highest BCUT2D eigenvalue weighted by atomic mass is 16.2. The van der Waals surface area contributed by atoms with Gasteiger partial charge in [-0.05, 0) is 37.0 Å². The molecule has 8 nitrogen and oxygen atoms in total. The molecule has 149 valence electrons. The van der Waals surface area contributed by atoms with Crippen LogP contribution in [0, 0.1) is 6.42 Å². The Labute approximate surface area is 164 Å². The van der Waals surface area contributed by atoms with Gasteiger partial charge < -0.3 is 15.5 Å². The van der Waals surface area contributed by atoms with Crippen LogP contribution in [0.25, 0.3) is 10.9 Å². The van der Waals surface area contributed by atoms with Crippen molar-refractivity contribution in [3.63, 3.8) is 0 Å². The van der Waals surface area contributed by atoms with Gasteiger partial charge in [-0.25, -0.2) is 4.79 Å². The Balaban J connectivity index is 1.22. The molecule has 1 aromatic carbocycles. The maximum absolute atomic E-state index is 12.6. The van der Waals surface area contributed by atoms with Crippen molar-refractivity contribution in [1.82, 2.24) is 24.9 Å². The van der Waals surface area contributed by atoms with Crippen LogP contribution in [0.1, 0.15) is 18.4 Å². The Morgan fingerprint density at radius 2 is 1.86 bits per heavy atom. The van der Waals surface area contributed by atoms with E-state index in [0.717, 1.165) is 55.5 Å². The van der Waals surface area contributed by atoms with Crippen LogP contribution in [0.4, 0.5) is 4.79 Å². The Kier molecular flexibility index (Phi) is 5.47. The number of likely N-dealkylation sites (tertiary alicyclic amines) is 1. The van der Waals surface area contributed by atoms with Crippen molar-refractivity contribution in [2.75, 3.05) is 39.3 Å². The summed E-state index contributed by atoms with van der Waals surface area (Å²) < 4.78 is 0. The van der Waals surface area contributed by atoms with E-state index in [0.29, 0.717) is 25.6 Å². The van der Waals surface area contributed by atoms with Gasteiger partial charge in [0.25, 0.3) is 0 Å². The maximum Gasteiger partial charge on any atom is 0.314 e. The van der Waals surface area contributed by atoms with Gasteiger partial charge >= 0.3 is 6.03 Å². The van der Waals surface area contributed by atoms with E-state index >= 15 is 0 Å². The van der Waals surface area contributed by atoms with Gasteiger partial charge in [0.15, 0.2) is 0 Å². The number of nitrogens with two attached hydrogens (primary N) is 1. The molecule has 1 radical (unpaired) electrons. The second-order valence-corrected chi connectivity index (χ2v) is 7.62. The minimum atomic E-state index is -0.331. The predicted octanol–water partition coefficient (Wildman–Crippen LogP) is 0.997. The average Bonchev–Trinajstić information content (AvgIpc) is 3.20. The predicted molar refractivity (Wildman–Crippen MR) is 106 cm³/mol. The molecule has 2 aliphatic heterocycles. The summed E-state index contributed by atoms with van der Waals surface area (Å²) in [6.07, 6.45) is 6.19. The number of piperidine rings is 1. The molecule has 0 atom stereocenters. The fraction of sp³-hybridized carbons (Fsp3) is 0.500. The molecule has 2 fully saturated rings. The molecule has 2 aromatic rings. The highest BCUT2D eigenvalue weighted by Gasteiger charge is 2.29. The van der Waals surface area contributed by atoms with E-state index in [1.54, 1.807) is 17.5 Å². The number of piperazine rings is 1. The summed E-state index contributed by atoms with van der Waals surface area (Å²) in [6, 6.07) is 6.26. The van der Waals surface area contributed by atoms with Crippen molar-refractivity contribution >= 4 is 22.8 Å². The molecule has 0 spiro atoms. The Morgan fingerprint density at radius 3 is 2.57 bits per heavy atom. The number of benzene rings is 1. The van der Waals surface area contributed by atoms with Gasteiger partial charge in [0.2, 0.25) is 5.91 Å². The van der Waals surface area contributed by atoms with Crippen molar-refractivity contribution in [3.05, 3.63) is 36.4 Å². The summed E-state index contributed by atoms with van der Waals surface area (Å²) in [6.45, 7) is 4.70. The number of rotatable bonds is 4. The molecule has 0 aliphatic carbocycles. The fourth-order valence-corrected chi connectivity index (χ4v) is 4.21. The zero-order valence-corrected chi connectivity index (χ0v) is 16.0. The van der Waals surface area contributed by atoms with Gasteiger partial charge in [0, 0.05) is 50.7 Å². The van der Waals surface area contributed by atoms with Gasteiger partial charge in [-0.1, -0.05) is 6.07 Å². The number of amides is 3. The quantitative estimate of drug-likeness (QED) is 0.823. The number of nitrogens with zero attached hydrogens (tertiary/aromatic N) is 4. The molecule has 3 amide bonds. The van der Waals surface area contributed by atoms with Crippen LogP contribution in [-0.4, -0.2) is 82.1 Å². The van der Waals surface area contributed by atoms with Gasteiger partial charge in [-0.2, -0.15) is 5.10 Å². The second-order valence-electron chi connectivity index (χ2n) is 7.62. The number of carbonyl (C=O) groups is 2. The van der Waals surface area contributed by atoms with Crippen LogP contribution in [0.15, 0.2) is 24.4 Å². The van der Waals surface area contributed by atoms with Crippen molar-refractivity contribution in [2.45, 2.75) is 25.3 Å². The first kappa shape index (κ1) is 18.7. The second kappa shape index (κ2) is 8.18. The molecule has 0 unspecified atom stereocenters. The number of carbonyl (C=O) groups excluding carboxylic acids is 2. The summed E-state index contributed by atoms with van der Waals surface area (Å²) in [5, 5.41) is 8.03. The van der Waals surface area contributed by atoms with Crippen LogP contribution in [0.3, 0.4) is 0 Å². The number of H-pyrrole nitrogens is 1. The summed E-state index contributed by atoms with van der Waals surface area (Å²) >= 11 is 0. The minimum Gasteiger partial charge on any atom is -0.351 e. The van der Waals surface area contributed by atoms with E-state index in [1.165, 1.54) is 0 Å². The number of urea groups is 1. The number of nitrogens with one attached hydrogen (secondary N) is 1. The third-order valence-corrected chi connectivity index (χ3v) is 5.94. The highest BCUT2D eigenvalue weighted by molar-refractivity contribution is 5.85. The van der Waals surface area contributed by atoms with Crippen LogP contribution >= 0.6 is 0 Å². The molecule has 28 heavy (non-hydrogen) atoms. The lowest BCUT2D eigenvalue weighted by molar-refractivity contribution is -0.129. The van der Waals surface area contributed by atoms with E-state index in [4.69, 9.17) is 5.73 Å². The minimum absolute atomic E-state index is 0.115.